The minimum Gasteiger partial charge on any atom is -0.327 e. The molecule has 0 spiro atoms. The zero-order valence-corrected chi connectivity index (χ0v) is 11.0. The quantitative estimate of drug-likeness (QED) is 0.831. The summed E-state index contributed by atoms with van der Waals surface area (Å²) in [6.45, 7) is 3.03. The van der Waals surface area contributed by atoms with E-state index in [2.05, 4.69) is 46.6 Å². The number of aromatic nitrogens is 2. The first-order chi connectivity index (χ1) is 8.66. The van der Waals surface area contributed by atoms with E-state index in [-0.39, 0.29) is 0 Å². The highest BCUT2D eigenvalue weighted by atomic mass is 15.2. The van der Waals surface area contributed by atoms with Gasteiger partial charge in [-0.05, 0) is 38.9 Å². The lowest BCUT2D eigenvalue weighted by atomic mass is 9.97. The molecule has 2 atom stereocenters. The highest BCUT2D eigenvalue weighted by molar-refractivity contribution is 5.53. The Morgan fingerprint density at radius 3 is 2.94 bits per heavy atom. The van der Waals surface area contributed by atoms with Crippen molar-refractivity contribution in [3.63, 3.8) is 0 Å². The molecule has 4 nitrogen and oxygen atoms in total. The van der Waals surface area contributed by atoms with Gasteiger partial charge in [0.25, 0.3) is 0 Å². The van der Waals surface area contributed by atoms with E-state index >= 15 is 0 Å². The maximum absolute atomic E-state index is 6.02. The van der Waals surface area contributed by atoms with Crippen molar-refractivity contribution < 1.29 is 0 Å². The van der Waals surface area contributed by atoms with Gasteiger partial charge in [-0.15, -0.1) is 0 Å². The Labute approximate surface area is 107 Å². The number of nitrogens with two attached hydrogens (primary N) is 1. The molecule has 0 bridgehead atoms. The van der Waals surface area contributed by atoms with Gasteiger partial charge in [0.2, 0.25) is 0 Å². The van der Waals surface area contributed by atoms with Gasteiger partial charge in [0, 0.05) is 30.7 Å². The summed E-state index contributed by atoms with van der Waals surface area (Å²) >= 11 is 0. The van der Waals surface area contributed by atoms with Gasteiger partial charge in [0.05, 0.1) is 17.3 Å². The molecule has 1 aliphatic rings. The third kappa shape index (κ3) is 1.82. The molecule has 18 heavy (non-hydrogen) atoms. The number of hydrogen-bond donors (Lipinski definition) is 1. The maximum atomic E-state index is 6.02. The van der Waals surface area contributed by atoms with Crippen molar-refractivity contribution in [2.75, 3.05) is 13.6 Å². The third-order valence-corrected chi connectivity index (χ3v) is 4.01. The normalized spacial score (nSPS) is 25.7. The fourth-order valence-electron chi connectivity index (χ4n) is 3.03. The smallest absolute Gasteiger partial charge is 0.0666 e. The molecular weight excluding hydrogens is 224 g/mol. The number of rotatable bonds is 1. The van der Waals surface area contributed by atoms with Crippen LogP contribution < -0.4 is 5.73 Å². The molecule has 2 aromatic heterocycles. The van der Waals surface area contributed by atoms with E-state index < -0.39 is 0 Å². The summed E-state index contributed by atoms with van der Waals surface area (Å²) in [6, 6.07) is 5.18. The predicted molar refractivity (Wildman–Crippen MR) is 72.5 cm³/mol. The van der Waals surface area contributed by atoms with Gasteiger partial charge in [-0.25, -0.2) is 0 Å². The average Bonchev–Trinajstić information content (AvgIpc) is 2.74. The number of fused-ring (bicyclic) bond motifs is 1. The number of likely N-dealkylation sites (N-methyl/N-ethyl adjacent to an activating group) is 1. The fourth-order valence-corrected chi connectivity index (χ4v) is 3.03. The number of likely N-dealkylation sites (tertiary alicyclic amines) is 1. The van der Waals surface area contributed by atoms with E-state index in [0.717, 1.165) is 25.1 Å². The second kappa shape index (κ2) is 4.37. The van der Waals surface area contributed by atoms with Gasteiger partial charge in [-0.1, -0.05) is 0 Å². The lowest BCUT2D eigenvalue weighted by Gasteiger charge is -2.35. The van der Waals surface area contributed by atoms with Crippen LogP contribution in [0.2, 0.25) is 0 Å². The van der Waals surface area contributed by atoms with Gasteiger partial charge >= 0.3 is 0 Å². The molecule has 3 heterocycles. The summed E-state index contributed by atoms with van der Waals surface area (Å²) < 4.78 is 2.26. The van der Waals surface area contributed by atoms with Gasteiger partial charge in [-0.3, -0.25) is 9.88 Å². The molecule has 1 fully saturated rings. The van der Waals surface area contributed by atoms with Crippen molar-refractivity contribution in [3.05, 3.63) is 35.9 Å². The Bertz CT molecular complexity index is 560. The SMILES string of the molecule is Cc1nccn2c(C3CCC(N)CN3C)ccc12. The summed E-state index contributed by atoms with van der Waals surface area (Å²) in [5.74, 6) is 0. The lowest BCUT2D eigenvalue weighted by molar-refractivity contribution is 0.166. The Kier molecular flexibility index (Phi) is 2.84. The summed E-state index contributed by atoms with van der Waals surface area (Å²) in [5.41, 5.74) is 9.66. The molecule has 0 saturated carbocycles. The molecule has 1 aliphatic heterocycles. The Morgan fingerprint density at radius 1 is 1.33 bits per heavy atom. The molecule has 0 aliphatic carbocycles. The number of nitrogens with zero attached hydrogens (tertiary/aromatic N) is 3. The molecular formula is C14H20N4. The molecule has 4 heteroatoms. The highest BCUT2D eigenvalue weighted by Gasteiger charge is 2.26. The van der Waals surface area contributed by atoms with Gasteiger partial charge in [-0.2, -0.15) is 0 Å². The molecule has 0 radical (unpaired) electrons. The van der Waals surface area contributed by atoms with Crippen LogP contribution in [0.3, 0.4) is 0 Å². The minimum atomic E-state index is 0.320. The number of aryl methyl sites for hydroxylation is 1. The van der Waals surface area contributed by atoms with Crippen molar-refractivity contribution in [2.24, 2.45) is 5.73 Å². The van der Waals surface area contributed by atoms with Gasteiger partial charge in [0.1, 0.15) is 0 Å². The second-order valence-corrected chi connectivity index (χ2v) is 5.32. The molecule has 0 aromatic carbocycles. The van der Waals surface area contributed by atoms with Crippen LogP contribution in [0.5, 0.6) is 0 Å². The molecule has 2 aromatic rings. The van der Waals surface area contributed by atoms with Gasteiger partial charge in [0.15, 0.2) is 0 Å². The standard InChI is InChI=1S/C14H20N4/c1-10-12-5-6-14(18(12)8-7-16-10)13-4-3-11(15)9-17(13)2/h5-8,11,13H,3-4,9,15H2,1-2H3. The van der Waals surface area contributed by atoms with E-state index in [1.165, 1.54) is 11.2 Å². The molecule has 0 amide bonds. The first-order valence-electron chi connectivity index (χ1n) is 6.55. The zero-order valence-electron chi connectivity index (χ0n) is 11.0. The van der Waals surface area contributed by atoms with Crippen LogP contribution in [-0.2, 0) is 0 Å². The van der Waals surface area contributed by atoms with E-state index in [1.54, 1.807) is 0 Å². The highest BCUT2D eigenvalue weighted by Crippen LogP contribution is 2.30. The van der Waals surface area contributed by atoms with Crippen LogP contribution >= 0.6 is 0 Å². The minimum absolute atomic E-state index is 0.320. The lowest BCUT2D eigenvalue weighted by Crippen LogP contribution is -2.42. The Morgan fingerprint density at radius 2 is 2.17 bits per heavy atom. The molecule has 2 unspecified atom stereocenters. The topological polar surface area (TPSA) is 46.6 Å². The zero-order chi connectivity index (χ0) is 12.7. The van der Waals surface area contributed by atoms with Crippen LogP contribution in [0, 0.1) is 6.92 Å². The third-order valence-electron chi connectivity index (χ3n) is 4.01. The van der Waals surface area contributed by atoms with Crippen molar-refractivity contribution >= 4 is 5.52 Å². The van der Waals surface area contributed by atoms with Crippen molar-refractivity contribution in [2.45, 2.75) is 31.8 Å². The molecule has 3 rings (SSSR count). The van der Waals surface area contributed by atoms with Crippen LogP contribution in [0.15, 0.2) is 24.5 Å². The van der Waals surface area contributed by atoms with E-state index in [9.17, 15) is 0 Å². The summed E-state index contributed by atoms with van der Waals surface area (Å²) in [4.78, 5) is 6.71. The average molecular weight is 244 g/mol. The predicted octanol–water partition coefficient (Wildman–Crippen LogP) is 1.74. The molecule has 96 valence electrons. The van der Waals surface area contributed by atoms with Gasteiger partial charge < -0.3 is 10.1 Å². The van der Waals surface area contributed by atoms with Crippen molar-refractivity contribution in [3.8, 4) is 0 Å². The second-order valence-electron chi connectivity index (χ2n) is 5.32. The Hall–Kier alpha value is -1.39. The monoisotopic (exact) mass is 244 g/mol. The van der Waals surface area contributed by atoms with Crippen molar-refractivity contribution in [1.82, 2.24) is 14.3 Å². The number of piperidine rings is 1. The largest absolute Gasteiger partial charge is 0.327 e. The van der Waals surface area contributed by atoms with Crippen LogP contribution in [0.1, 0.15) is 30.3 Å². The van der Waals surface area contributed by atoms with Crippen molar-refractivity contribution in [1.29, 1.82) is 0 Å². The summed E-state index contributed by atoms with van der Waals surface area (Å²) in [5, 5.41) is 0. The summed E-state index contributed by atoms with van der Waals surface area (Å²) in [6.07, 6.45) is 6.16. The molecule has 2 N–H and O–H groups in total. The maximum Gasteiger partial charge on any atom is 0.0666 e. The fraction of sp³-hybridized carbons (Fsp3) is 0.500. The van der Waals surface area contributed by atoms with E-state index in [4.69, 9.17) is 5.73 Å². The van der Waals surface area contributed by atoms with Crippen LogP contribution in [0.25, 0.3) is 5.52 Å². The summed E-state index contributed by atoms with van der Waals surface area (Å²) in [7, 11) is 2.16. The molecule has 1 saturated heterocycles. The Balaban J connectivity index is 2.02. The first-order valence-corrected chi connectivity index (χ1v) is 6.55. The van der Waals surface area contributed by atoms with E-state index in [0.29, 0.717) is 12.1 Å². The van der Waals surface area contributed by atoms with Crippen LogP contribution in [0.4, 0.5) is 0 Å². The first kappa shape index (κ1) is 11.7. The van der Waals surface area contributed by atoms with Crippen LogP contribution in [-0.4, -0.2) is 33.9 Å². The van der Waals surface area contributed by atoms with E-state index in [1.807, 2.05) is 6.20 Å². The number of hydrogen-bond acceptors (Lipinski definition) is 3.